The van der Waals surface area contributed by atoms with Crippen LogP contribution in [0.3, 0.4) is 0 Å². The molecule has 8 nitrogen and oxygen atoms in total. The Labute approximate surface area is 193 Å². The van der Waals surface area contributed by atoms with Gasteiger partial charge < -0.3 is 14.8 Å². The molecule has 0 fully saturated rings. The Hall–Kier alpha value is -3.98. The zero-order chi connectivity index (χ0) is 23.5. The molecule has 2 heterocycles. The molecule has 0 spiro atoms. The topological polar surface area (TPSA) is 99.5 Å². The van der Waals surface area contributed by atoms with Crippen molar-refractivity contribution in [3.8, 4) is 11.4 Å². The van der Waals surface area contributed by atoms with Crippen LogP contribution in [0, 0.1) is 6.92 Å². The number of esters is 1. The minimum atomic E-state index is -0.646. The summed E-state index contributed by atoms with van der Waals surface area (Å²) in [7, 11) is 1.52. The van der Waals surface area contributed by atoms with Crippen LogP contribution in [0.2, 0.25) is 0 Å². The molecular weight excluding hydrogens is 442 g/mol. The molecule has 0 saturated carbocycles. The zero-order valence-corrected chi connectivity index (χ0v) is 19.1. The van der Waals surface area contributed by atoms with E-state index in [-0.39, 0.29) is 17.7 Å². The number of nitrogens with zero attached hydrogens (tertiary/aromatic N) is 2. The molecule has 0 aliphatic heterocycles. The van der Waals surface area contributed by atoms with E-state index in [4.69, 9.17) is 9.47 Å². The van der Waals surface area contributed by atoms with Crippen LogP contribution in [-0.4, -0.2) is 35.4 Å². The van der Waals surface area contributed by atoms with E-state index >= 15 is 0 Å². The van der Waals surface area contributed by atoms with Crippen LogP contribution >= 0.6 is 11.3 Å². The zero-order valence-electron chi connectivity index (χ0n) is 18.2. The molecule has 0 unspecified atom stereocenters. The van der Waals surface area contributed by atoms with Crippen molar-refractivity contribution in [1.29, 1.82) is 0 Å². The molecule has 168 valence electrons. The summed E-state index contributed by atoms with van der Waals surface area (Å²) in [6.07, 6.45) is 0. The molecule has 0 aliphatic rings. The number of benzene rings is 2. The highest BCUT2D eigenvalue weighted by molar-refractivity contribution is 7.16. The van der Waals surface area contributed by atoms with Crippen LogP contribution in [0.4, 0.5) is 5.00 Å². The Balaban J connectivity index is 1.87. The molecule has 2 aromatic heterocycles. The molecule has 0 bridgehead atoms. The van der Waals surface area contributed by atoms with Gasteiger partial charge in [-0.15, -0.1) is 11.3 Å². The van der Waals surface area contributed by atoms with E-state index in [0.29, 0.717) is 27.4 Å². The standard InChI is InChI=1S/C24H21N3O5S/c1-4-32-24(30)20-18-13-33-22(25-21(28)15-8-6-10-17(12-15)31-3)19(18)23(29)27(26-20)16-9-5-7-14(2)11-16/h5-13H,4H2,1-3H3,(H,25,28). The third-order valence-electron chi connectivity index (χ3n) is 4.93. The van der Waals surface area contributed by atoms with Gasteiger partial charge in [-0.2, -0.15) is 9.78 Å². The van der Waals surface area contributed by atoms with Crippen molar-refractivity contribution in [3.05, 3.63) is 81.1 Å². The molecule has 2 aromatic carbocycles. The number of hydrogen-bond acceptors (Lipinski definition) is 7. The Bertz CT molecular complexity index is 1420. The predicted molar refractivity (Wildman–Crippen MR) is 127 cm³/mol. The molecule has 0 aliphatic carbocycles. The lowest BCUT2D eigenvalue weighted by Crippen LogP contribution is -2.25. The van der Waals surface area contributed by atoms with Crippen LogP contribution < -0.4 is 15.6 Å². The predicted octanol–water partition coefficient (Wildman–Crippen LogP) is 4.19. The van der Waals surface area contributed by atoms with Gasteiger partial charge in [-0.25, -0.2) is 4.79 Å². The van der Waals surface area contributed by atoms with Crippen LogP contribution in [0.5, 0.6) is 5.75 Å². The van der Waals surface area contributed by atoms with Crippen molar-refractivity contribution < 1.29 is 19.1 Å². The number of thiophene rings is 1. The first-order valence-corrected chi connectivity index (χ1v) is 11.0. The maximum atomic E-state index is 13.5. The van der Waals surface area contributed by atoms with Crippen molar-refractivity contribution in [3.63, 3.8) is 0 Å². The molecule has 0 atom stereocenters. The first-order valence-electron chi connectivity index (χ1n) is 10.2. The second kappa shape index (κ2) is 9.25. The van der Waals surface area contributed by atoms with Crippen molar-refractivity contribution in [2.24, 2.45) is 0 Å². The van der Waals surface area contributed by atoms with Crippen LogP contribution in [0.25, 0.3) is 16.5 Å². The summed E-state index contributed by atoms with van der Waals surface area (Å²) in [5.41, 5.74) is 1.35. The number of ether oxygens (including phenoxy) is 2. The quantitative estimate of drug-likeness (QED) is 0.431. The Morgan fingerprint density at radius 3 is 2.67 bits per heavy atom. The molecule has 1 N–H and O–H groups in total. The molecular formula is C24H21N3O5S. The number of nitrogens with one attached hydrogen (secondary N) is 1. The number of amides is 1. The van der Waals surface area contributed by atoms with Gasteiger partial charge in [-0.1, -0.05) is 18.2 Å². The normalized spacial score (nSPS) is 10.8. The van der Waals surface area contributed by atoms with Gasteiger partial charge in [0.2, 0.25) is 0 Å². The van der Waals surface area contributed by atoms with Crippen molar-refractivity contribution in [2.45, 2.75) is 13.8 Å². The Kier molecular flexibility index (Phi) is 6.23. The highest BCUT2D eigenvalue weighted by Gasteiger charge is 2.23. The van der Waals surface area contributed by atoms with Gasteiger partial charge in [0.25, 0.3) is 11.5 Å². The van der Waals surface area contributed by atoms with Crippen LogP contribution in [-0.2, 0) is 4.74 Å². The Morgan fingerprint density at radius 2 is 1.94 bits per heavy atom. The fraction of sp³-hybridized carbons (Fsp3) is 0.167. The summed E-state index contributed by atoms with van der Waals surface area (Å²) in [6.45, 7) is 3.75. The van der Waals surface area contributed by atoms with E-state index in [9.17, 15) is 14.4 Å². The number of carbonyl (C=O) groups is 2. The minimum absolute atomic E-state index is 0.00563. The first kappa shape index (κ1) is 22.2. The summed E-state index contributed by atoms with van der Waals surface area (Å²) >= 11 is 1.14. The van der Waals surface area contributed by atoms with E-state index in [0.717, 1.165) is 21.6 Å². The van der Waals surface area contributed by atoms with E-state index in [2.05, 4.69) is 10.4 Å². The largest absolute Gasteiger partial charge is 0.497 e. The number of aryl methyl sites for hydroxylation is 1. The lowest BCUT2D eigenvalue weighted by Gasteiger charge is -2.10. The average molecular weight is 464 g/mol. The van der Waals surface area contributed by atoms with Gasteiger partial charge >= 0.3 is 5.97 Å². The van der Waals surface area contributed by atoms with E-state index in [1.165, 1.54) is 7.11 Å². The second-order valence-electron chi connectivity index (χ2n) is 7.16. The van der Waals surface area contributed by atoms with Gasteiger partial charge in [0, 0.05) is 16.3 Å². The summed E-state index contributed by atoms with van der Waals surface area (Å²) in [5.74, 6) is -0.518. The first-order chi connectivity index (χ1) is 15.9. The van der Waals surface area contributed by atoms with E-state index < -0.39 is 17.4 Å². The molecule has 4 rings (SSSR count). The number of fused-ring (bicyclic) bond motifs is 1. The monoisotopic (exact) mass is 463 g/mol. The molecule has 1 amide bonds. The van der Waals surface area contributed by atoms with Gasteiger partial charge in [0.1, 0.15) is 10.8 Å². The number of methoxy groups -OCH3 is 1. The highest BCUT2D eigenvalue weighted by atomic mass is 32.1. The van der Waals surface area contributed by atoms with Gasteiger partial charge in [-0.05, 0) is 49.7 Å². The fourth-order valence-electron chi connectivity index (χ4n) is 3.37. The minimum Gasteiger partial charge on any atom is -0.497 e. The van der Waals surface area contributed by atoms with E-state index in [1.807, 2.05) is 13.0 Å². The maximum absolute atomic E-state index is 13.5. The molecule has 0 saturated heterocycles. The lowest BCUT2D eigenvalue weighted by atomic mass is 10.2. The number of anilines is 1. The summed E-state index contributed by atoms with van der Waals surface area (Å²) in [6, 6.07) is 13.9. The van der Waals surface area contributed by atoms with Gasteiger partial charge in [0.05, 0.1) is 24.8 Å². The van der Waals surface area contributed by atoms with E-state index in [1.54, 1.807) is 54.8 Å². The summed E-state index contributed by atoms with van der Waals surface area (Å²) < 4.78 is 11.5. The fourth-order valence-corrected chi connectivity index (χ4v) is 4.30. The number of carbonyl (C=O) groups excluding carboxylic acids is 2. The molecule has 4 aromatic rings. The summed E-state index contributed by atoms with van der Waals surface area (Å²) in [5, 5.41) is 9.56. The Morgan fingerprint density at radius 1 is 1.15 bits per heavy atom. The number of hydrogen-bond donors (Lipinski definition) is 1. The van der Waals surface area contributed by atoms with Crippen molar-refractivity contribution >= 4 is 39.0 Å². The van der Waals surface area contributed by atoms with Crippen LogP contribution in [0.1, 0.15) is 33.3 Å². The second-order valence-corrected chi connectivity index (χ2v) is 8.04. The van der Waals surface area contributed by atoms with Crippen LogP contribution in [0.15, 0.2) is 58.7 Å². The number of rotatable bonds is 6. The lowest BCUT2D eigenvalue weighted by molar-refractivity contribution is 0.0520. The van der Waals surface area contributed by atoms with Crippen molar-refractivity contribution in [1.82, 2.24) is 9.78 Å². The smallest absolute Gasteiger partial charge is 0.359 e. The molecule has 33 heavy (non-hydrogen) atoms. The third-order valence-corrected chi connectivity index (χ3v) is 5.82. The van der Waals surface area contributed by atoms with Crippen molar-refractivity contribution in [2.75, 3.05) is 19.0 Å². The average Bonchev–Trinajstić information content (AvgIpc) is 3.23. The molecule has 9 heteroatoms. The number of aromatic nitrogens is 2. The molecule has 0 radical (unpaired) electrons. The summed E-state index contributed by atoms with van der Waals surface area (Å²) in [4.78, 5) is 39.0. The SMILES string of the molecule is CCOC(=O)c1nn(-c2cccc(C)c2)c(=O)c2c(NC(=O)c3cccc(OC)c3)scc12. The highest BCUT2D eigenvalue weighted by Crippen LogP contribution is 2.31. The van der Waals surface area contributed by atoms with Gasteiger partial charge in [-0.3, -0.25) is 9.59 Å². The maximum Gasteiger partial charge on any atom is 0.359 e. The van der Waals surface area contributed by atoms with Gasteiger partial charge in [0.15, 0.2) is 5.69 Å². The third kappa shape index (κ3) is 4.35.